The maximum absolute atomic E-state index is 12.3. The third-order valence-electron chi connectivity index (χ3n) is 3.81. The van der Waals surface area contributed by atoms with Gasteiger partial charge in [0, 0.05) is 5.69 Å². The van der Waals surface area contributed by atoms with Crippen LogP contribution in [0.4, 0.5) is 5.69 Å². The van der Waals surface area contributed by atoms with Crippen LogP contribution in [-0.4, -0.2) is 29.2 Å². The summed E-state index contributed by atoms with van der Waals surface area (Å²) in [6.45, 7) is 1.96. The molecule has 1 fully saturated rings. The smallest absolute Gasteiger partial charge is 0.310 e. The van der Waals surface area contributed by atoms with E-state index in [4.69, 9.17) is 4.74 Å². The molecule has 2 aliphatic heterocycles. The van der Waals surface area contributed by atoms with Gasteiger partial charge in [0.15, 0.2) is 0 Å². The lowest BCUT2D eigenvalue weighted by molar-refractivity contribution is -0.145. The lowest BCUT2D eigenvalue weighted by atomic mass is 9.82. The zero-order valence-electron chi connectivity index (χ0n) is 10.9. The highest BCUT2D eigenvalue weighted by atomic mass is 16.5. The summed E-state index contributed by atoms with van der Waals surface area (Å²) >= 11 is 0. The fourth-order valence-electron chi connectivity index (χ4n) is 2.78. The molecule has 20 heavy (non-hydrogen) atoms. The molecule has 3 rings (SSSR count). The molecule has 0 aliphatic carbocycles. The highest BCUT2D eigenvalue weighted by Crippen LogP contribution is 2.39. The van der Waals surface area contributed by atoms with Crippen LogP contribution in [0.3, 0.4) is 0 Å². The second kappa shape index (κ2) is 4.76. The minimum absolute atomic E-state index is 0.307. The van der Waals surface area contributed by atoms with Crippen molar-refractivity contribution in [3.05, 3.63) is 42.0 Å². The molecule has 0 aromatic heterocycles. The molecular weight excluding hydrogens is 258 g/mol. The molecule has 2 bridgehead atoms. The van der Waals surface area contributed by atoms with Crippen LogP contribution >= 0.6 is 0 Å². The molecule has 5 nitrogen and oxygen atoms in total. The molecule has 0 spiro atoms. The summed E-state index contributed by atoms with van der Waals surface area (Å²) in [7, 11) is 0. The van der Waals surface area contributed by atoms with Gasteiger partial charge in [-0.25, -0.2) is 0 Å². The maximum Gasteiger partial charge on any atom is 0.310 e. The molecule has 104 valence electrons. The van der Waals surface area contributed by atoms with Crippen molar-refractivity contribution in [1.82, 2.24) is 0 Å². The summed E-state index contributed by atoms with van der Waals surface area (Å²) < 4.78 is 5.48. The van der Waals surface area contributed by atoms with Crippen molar-refractivity contribution in [2.45, 2.75) is 19.1 Å². The van der Waals surface area contributed by atoms with Crippen LogP contribution in [0.5, 0.6) is 0 Å². The standard InChI is InChI=1S/C15H15NO4/c1-8-2-4-9(5-3-8)16-14(17)12-10-6-7-11(20-10)13(12)15(18)19/h2-7,10-13H,1H3,(H,16,17)(H,18,19)/t10-,11+,12-,13-/m0/s1. The molecule has 2 N–H and O–H groups in total. The number of amides is 1. The number of carboxylic acids is 1. The topological polar surface area (TPSA) is 75.6 Å². The molecule has 1 saturated heterocycles. The Kier molecular flexibility index (Phi) is 3.06. The Morgan fingerprint density at radius 2 is 1.70 bits per heavy atom. The highest BCUT2D eigenvalue weighted by molar-refractivity contribution is 5.96. The van der Waals surface area contributed by atoms with Crippen molar-refractivity contribution in [3.63, 3.8) is 0 Å². The van der Waals surface area contributed by atoms with Crippen molar-refractivity contribution in [3.8, 4) is 0 Å². The van der Waals surface area contributed by atoms with Crippen molar-refractivity contribution >= 4 is 17.6 Å². The van der Waals surface area contributed by atoms with Crippen LogP contribution in [0.2, 0.25) is 0 Å². The largest absolute Gasteiger partial charge is 0.481 e. The van der Waals surface area contributed by atoms with Gasteiger partial charge in [0.25, 0.3) is 0 Å². The van der Waals surface area contributed by atoms with E-state index in [0.29, 0.717) is 5.69 Å². The first-order valence-electron chi connectivity index (χ1n) is 6.50. The van der Waals surface area contributed by atoms with Gasteiger partial charge in [-0.15, -0.1) is 0 Å². The van der Waals surface area contributed by atoms with Gasteiger partial charge in [0.05, 0.1) is 18.1 Å². The van der Waals surface area contributed by atoms with Gasteiger partial charge < -0.3 is 15.2 Å². The van der Waals surface area contributed by atoms with Crippen LogP contribution in [0.15, 0.2) is 36.4 Å². The Labute approximate surface area is 116 Å². The number of carboxylic acid groups (broad SMARTS) is 1. The third-order valence-corrected chi connectivity index (χ3v) is 3.81. The summed E-state index contributed by atoms with van der Waals surface area (Å²) in [5.41, 5.74) is 1.76. The number of carbonyl (C=O) groups is 2. The number of rotatable bonds is 3. The van der Waals surface area contributed by atoms with Gasteiger partial charge >= 0.3 is 5.97 Å². The van der Waals surface area contributed by atoms with E-state index in [1.807, 2.05) is 19.1 Å². The molecule has 1 aromatic rings. The van der Waals surface area contributed by atoms with E-state index in [9.17, 15) is 14.7 Å². The number of aryl methyl sites for hydroxylation is 1. The zero-order chi connectivity index (χ0) is 14.3. The number of hydrogen-bond donors (Lipinski definition) is 2. The Balaban J connectivity index is 1.78. The molecule has 0 radical (unpaired) electrons. The first kappa shape index (κ1) is 12.9. The molecule has 1 aromatic carbocycles. The van der Waals surface area contributed by atoms with Gasteiger partial charge in [-0.05, 0) is 19.1 Å². The number of ether oxygens (including phenoxy) is 1. The van der Waals surface area contributed by atoms with Crippen molar-refractivity contribution in [1.29, 1.82) is 0 Å². The highest BCUT2D eigenvalue weighted by Gasteiger charge is 2.53. The van der Waals surface area contributed by atoms with Crippen molar-refractivity contribution < 1.29 is 19.4 Å². The van der Waals surface area contributed by atoms with Gasteiger partial charge in [0.1, 0.15) is 5.92 Å². The average Bonchev–Trinajstić information content (AvgIpc) is 3.01. The van der Waals surface area contributed by atoms with E-state index in [2.05, 4.69) is 5.32 Å². The summed E-state index contributed by atoms with van der Waals surface area (Å²) in [5, 5.41) is 12.0. The molecule has 5 heteroatoms. The van der Waals surface area contributed by atoms with Gasteiger partial charge in [-0.2, -0.15) is 0 Å². The number of hydrogen-bond acceptors (Lipinski definition) is 3. The molecule has 1 amide bonds. The average molecular weight is 273 g/mol. The van der Waals surface area contributed by atoms with Crippen LogP contribution in [-0.2, 0) is 14.3 Å². The van der Waals surface area contributed by atoms with Crippen LogP contribution in [0.25, 0.3) is 0 Å². The Bertz CT molecular complexity index is 578. The monoisotopic (exact) mass is 273 g/mol. The SMILES string of the molecule is Cc1ccc(NC(=O)[C@@H]2[C@@H](C(=O)O)[C@H]3C=C[C@@H]2O3)cc1. The molecular formula is C15H15NO4. The number of fused-ring (bicyclic) bond motifs is 2. The number of benzene rings is 1. The summed E-state index contributed by atoms with van der Waals surface area (Å²) in [6.07, 6.45) is 2.56. The predicted octanol–water partition coefficient (Wildman–Crippen LogP) is 1.59. The second-order valence-electron chi connectivity index (χ2n) is 5.20. The molecule has 4 atom stereocenters. The van der Waals surface area contributed by atoms with E-state index in [1.165, 1.54) is 0 Å². The van der Waals surface area contributed by atoms with Crippen LogP contribution in [0.1, 0.15) is 5.56 Å². The van der Waals surface area contributed by atoms with Gasteiger partial charge in [-0.1, -0.05) is 29.8 Å². The minimum Gasteiger partial charge on any atom is -0.481 e. The molecule has 0 unspecified atom stereocenters. The Hall–Kier alpha value is -2.14. The first-order chi connectivity index (χ1) is 9.56. The predicted molar refractivity (Wildman–Crippen MR) is 72.2 cm³/mol. The zero-order valence-corrected chi connectivity index (χ0v) is 10.9. The first-order valence-corrected chi connectivity index (χ1v) is 6.50. The number of anilines is 1. The molecule has 0 saturated carbocycles. The normalized spacial score (nSPS) is 30.4. The maximum atomic E-state index is 12.3. The Morgan fingerprint density at radius 3 is 2.30 bits per heavy atom. The van der Waals surface area contributed by atoms with Crippen molar-refractivity contribution in [2.24, 2.45) is 11.8 Å². The number of carbonyl (C=O) groups excluding carboxylic acids is 1. The summed E-state index contributed by atoms with van der Waals surface area (Å²) in [4.78, 5) is 23.6. The molecule has 2 heterocycles. The van der Waals surface area contributed by atoms with Crippen LogP contribution in [0, 0.1) is 18.8 Å². The van der Waals surface area contributed by atoms with E-state index in [0.717, 1.165) is 5.56 Å². The fraction of sp³-hybridized carbons (Fsp3) is 0.333. The van der Waals surface area contributed by atoms with E-state index < -0.39 is 30.0 Å². The Morgan fingerprint density at radius 1 is 1.10 bits per heavy atom. The molecule has 2 aliphatic rings. The van der Waals surface area contributed by atoms with Crippen molar-refractivity contribution in [2.75, 3.05) is 5.32 Å². The third kappa shape index (κ3) is 2.10. The lowest BCUT2D eigenvalue weighted by Crippen LogP contribution is -2.39. The van der Waals surface area contributed by atoms with Gasteiger partial charge in [0.2, 0.25) is 5.91 Å². The summed E-state index contributed by atoms with van der Waals surface area (Å²) in [5.74, 6) is -2.79. The van der Waals surface area contributed by atoms with Gasteiger partial charge in [-0.3, -0.25) is 9.59 Å². The lowest BCUT2D eigenvalue weighted by Gasteiger charge is -2.21. The number of aliphatic carboxylic acids is 1. The number of nitrogens with one attached hydrogen (secondary N) is 1. The van der Waals surface area contributed by atoms with Crippen LogP contribution < -0.4 is 5.32 Å². The fourth-order valence-corrected chi connectivity index (χ4v) is 2.78. The summed E-state index contributed by atoms with van der Waals surface area (Å²) in [6, 6.07) is 7.38. The van der Waals surface area contributed by atoms with E-state index >= 15 is 0 Å². The quantitative estimate of drug-likeness (QED) is 0.820. The van der Waals surface area contributed by atoms with E-state index in [1.54, 1.807) is 24.3 Å². The second-order valence-corrected chi connectivity index (χ2v) is 5.20. The van der Waals surface area contributed by atoms with E-state index in [-0.39, 0.29) is 5.91 Å². The minimum atomic E-state index is -0.995.